The Morgan fingerprint density at radius 1 is 1.05 bits per heavy atom. The second-order valence-electron chi connectivity index (χ2n) is 6.93. The molecule has 1 saturated carbocycles. The predicted molar refractivity (Wildman–Crippen MR) is 68.1 cm³/mol. The van der Waals surface area contributed by atoms with Crippen LogP contribution in [0.5, 0.6) is 0 Å². The van der Waals surface area contributed by atoms with Gasteiger partial charge in [-0.05, 0) is 25.7 Å². The summed E-state index contributed by atoms with van der Waals surface area (Å²) in [6.07, 6.45) is 2.29. The standard InChI is InChI=1S/C14H22F2N2O/c1-12(2-4-14(15,16)5-3-12)11(19)17-13-6-8-18(10-13)9-7-13/h2-10H2,1H3,(H,17,19). The Morgan fingerprint density at radius 2 is 1.63 bits per heavy atom. The molecule has 1 aliphatic carbocycles. The number of nitrogens with one attached hydrogen (secondary N) is 1. The molecule has 0 unspecified atom stereocenters. The largest absolute Gasteiger partial charge is 0.349 e. The lowest BCUT2D eigenvalue weighted by Gasteiger charge is -2.38. The lowest BCUT2D eigenvalue weighted by Crippen LogP contribution is -2.54. The lowest BCUT2D eigenvalue weighted by molar-refractivity contribution is -0.139. The molecule has 2 heterocycles. The van der Waals surface area contributed by atoms with E-state index in [-0.39, 0.29) is 24.3 Å². The van der Waals surface area contributed by atoms with Gasteiger partial charge in [0, 0.05) is 37.9 Å². The van der Waals surface area contributed by atoms with Crippen molar-refractivity contribution >= 4 is 5.91 Å². The Morgan fingerprint density at radius 3 is 2.11 bits per heavy atom. The van der Waals surface area contributed by atoms with Gasteiger partial charge in [-0.2, -0.15) is 0 Å². The van der Waals surface area contributed by atoms with Crippen molar-refractivity contribution in [2.24, 2.45) is 5.41 Å². The smallest absolute Gasteiger partial charge is 0.248 e. The Bertz CT molecular complexity index is 379. The molecule has 0 spiro atoms. The van der Waals surface area contributed by atoms with E-state index in [4.69, 9.17) is 0 Å². The van der Waals surface area contributed by atoms with Gasteiger partial charge in [0.25, 0.3) is 0 Å². The van der Waals surface area contributed by atoms with Crippen LogP contribution in [0, 0.1) is 5.41 Å². The van der Waals surface area contributed by atoms with Gasteiger partial charge < -0.3 is 10.2 Å². The van der Waals surface area contributed by atoms with Crippen molar-refractivity contribution < 1.29 is 13.6 Å². The highest BCUT2D eigenvalue weighted by molar-refractivity contribution is 5.83. The van der Waals surface area contributed by atoms with Crippen molar-refractivity contribution in [1.82, 2.24) is 10.2 Å². The first kappa shape index (κ1) is 13.3. The van der Waals surface area contributed by atoms with Crippen molar-refractivity contribution in [1.29, 1.82) is 0 Å². The number of hydrogen-bond acceptors (Lipinski definition) is 2. The molecule has 3 nitrogen and oxygen atoms in total. The van der Waals surface area contributed by atoms with E-state index in [1.807, 2.05) is 6.92 Å². The molecule has 2 aliphatic heterocycles. The summed E-state index contributed by atoms with van der Waals surface area (Å²) in [5, 5.41) is 3.20. The third-order valence-corrected chi connectivity index (χ3v) is 5.35. The Hall–Kier alpha value is -0.710. The number of nitrogens with zero attached hydrogens (tertiary/aromatic N) is 1. The second-order valence-corrected chi connectivity index (χ2v) is 6.93. The number of carbonyl (C=O) groups excluding carboxylic acids is 1. The maximum Gasteiger partial charge on any atom is 0.248 e. The van der Waals surface area contributed by atoms with E-state index in [2.05, 4.69) is 10.2 Å². The molecule has 0 aromatic rings. The molecule has 5 heteroatoms. The molecule has 0 aromatic carbocycles. The Balaban J connectivity index is 1.64. The van der Waals surface area contributed by atoms with E-state index in [1.165, 1.54) is 0 Å². The number of amides is 1. The van der Waals surface area contributed by atoms with Gasteiger partial charge in [0.2, 0.25) is 11.8 Å². The second kappa shape index (κ2) is 4.14. The molecule has 1 amide bonds. The van der Waals surface area contributed by atoms with E-state index < -0.39 is 11.3 Å². The average Bonchev–Trinajstić information content (AvgIpc) is 2.93. The molecule has 19 heavy (non-hydrogen) atoms. The van der Waals surface area contributed by atoms with Crippen molar-refractivity contribution in [3.63, 3.8) is 0 Å². The van der Waals surface area contributed by atoms with Crippen molar-refractivity contribution in [2.75, 3.05) is 19.6 Å². The Kier molecular flexibility index (Phi) is 2.89. The predicted octanol–water partition coefficient (Wildman–Crippen LogP) is 2.17. The van der Waals surface area contributed by atoms with E-state index in [0.29, 0.717) is 12.8 Å². The van der Waals surface area contributed by atoms with Crippen molar-refractivity contribution in [3.05, 3.63) is 0 Å². The van der Waals surface area contributed by atoms with Crippen molar-refractivity contribution in [3.8, 4) is 0 Å². The zero-order chi connectivity index (χ0) is 13.7. The monoisotopic (exact) mass is 272 g/mol. The van der Waals surface area contributed by atoms with Crippen LogP contribution in [-0.2, 0) is 4.79 Å². The number of rotatable bonds is 2. The quantitative estimate of drug-likeness (QED) is 0.835. The molecule has 0 aromatic heterocycles. The van der Waals surface area contributed by atoms with E-state index in [9.17, 15) is 13.6 Å². The highest BCUT2D eigenvalue weighted by atomic mass is 19.3. The van der Waals surface area contributed by atoms with Gasteiger partial charge >= 0.3 is 0 Å². The van der Waals surface area contributed by atoms with Gasteiger partial charge in [0.05, 0.1) is 5.54 Å². The molecule has 3 rings (SSSR count). The number of halogens is 2. The number of hydrogen-bond donors (Lipinski definition) is 1. The summed E-state index contributed by atoms with van der Waals surface area (Å²) < 4.78 is 26.5. The fraction of sp³-hybridized carbons (Fsp3) is 0.929. The van der Waals surface area contributed by atoms with E-state index in [1.54, 1.807) is 0 Å². The van der Waals surface area contributed by atoms with Gasteiger partial charge in [-0.25, -0.2) is 8.78 Å². The van der Waals surface area contributed by atoms with Gasteiger partial charge in [-0.15, -0.1) is 0 Å². The maximum atomic E-state index is 13.2. The van der Waals surface area contributed by atoms with E-state index in [0.717, 1.165) is 32.5 Å². The third-order valence-electron chi connectivity index (χ3n) is 5.35. The van der Waals surface area contributed by atoms with Crippen LogP contribution in [-0.4, -0.2) is 41.9 Å². The minimum Gasteiger partial charge on any atom is -0.349 e. The number of carbonyl (C=O) groups is 1. The van der Waals surface area contributed by atoms with Gasteiger partial charge in [-0.1, -0.05) is 6.92 Å². The number of piperidine rings is 1. The molecule has 3 aliphatic rings. The molecular formula is C14H22F2N2O. The summed E-state index contributed by atoms with van der Waals surface area (Å²) in [5.74, 6) is -2.58. The summed E-state index contributed by atoms with van der Waals surface area (Å²) in [5.41, 5.74) is -0.674. The summed E-state index contributed by atoms with van der Waals surface area (Å²) in [6.45, 7) is 4.88. The topological polar surface area (TPSA) is 32.3 Å². The zero-order valence-electron chi connectivity index (χ0n) is 11.5. The number of alkyl halides is 2. The average molecular weight is 272 g/mol. The van der Waals surface area contributed by atoms with Crippen LogP contribution in [0.2, 0.25) is 0 Å². The molecule has 2 bridgehead atoms. The Labute approximate surface area is 112 Å². The van der Waals surface area contributed by atoms with E-state index >= 15 is 0 Å². The minimum atomic E-state index is -2.57. The molecule has 0 atom stereocenters. The van der Waals surface area contributed by atoms with Crippen molar-refractivity contribution in [2.45, 2.75) is 56.9 Å². The molecule has 1 N–H and O–H groups in total. The van der Waals surface area contributed by atoms with Gasteiger partial charge in [0.1, 0.15) is 0 Å². The minimum absolute atomic E-state index is 0.00764. The first-order valence-electron chi connectivity index (χ1n) is 7.26. The first-order chi connectivity index (χ1) is 8.83. The summed E-state index contributed by atoms with van der Waals surface area (Å²) in [7, 11) is 0. The normalized spacial score (nSPS) is 39.2. The molecular weight excluding hydrogens is 250 g/mol. The maximum absolute atomic E-state index is 13.2. The van der Waals surface area contributed by atoms with Crippen LogP contribution in [0.4, 0.5) is 8.78 Å². The van der Waals surface area contributed by atoms with Gasteiger partial charge in [-0.3, -0.25) is 4.79 Å². The third kappa shape index (κ3) is 2.37. The zero-order valence-corrected chi connectivity index (χ0v) is 11.5. The first-order valence-corrected chi connectivity index (χ1v) is 7.26. The summed E-state index contributed by atoms with van der Waals surface area (Å²) in [4.78, 5) is 14.9. The fourth-order valence-electron chi connectivity index (χ4n) is 3.68. The van der Waals surface area contributed by atoms with Crippen LogP contribution in [0.3, 0.4) is 0 Å². The highest BCUT2D eigenvalue weighted by Gasteiger charge is 2.49. The molecule has 3 fully saturated rings. The summed E-state index contributed by atoms with van der Waals surface area (Å²) >= 11 is 0. The number of fused-ring (bicyclic) bond motifs is 2. The van der Waals surface area contributed by atoms with Crippen LogP contribution in [0.25, 0.3) is 0 Å². The SMILES string of the molecule is CC1(C(=O)NC23CCN(CC2)C3)CCC(F)(F)CC1. The van der Waals surface area contributed by atoms with Crippen LogP contribution in [0.1, 0.15) is 45.4 Å². The van der Waals surface area contributed by atoms with Crippen LogP contribution < -0.4 is 5.32 Å². The van der Waals surface area contributed by atoms with Gasteiger partial charge in [0.15, 0.2) is 0 Å². The molecule has 108 valence electrons. The molecule has 2 saturated heterocycles. The highest BCUT2D eigenvalue weighted by Crippen LogP contribution is 2.44. The molecule has 0 radical (unpaired) electrons. The summed E-state index contributed by atoms with van der Waals surface area (Å²) in [6, 6.07) is 0. The van der Waals surface area contributed by atoms with Crippen LogP contribution >= 0.6 is 0 Å². The fourth-order valence-corrected chi connectivity index (χ4v) is 3.68. The van der Waals surface area contributed by atoms with Crippen LogP contribution in [0.15, 0.2) is 0 Å². The lowest BCUT2D eigenvalue weighted by atomic mass is 9.73.